The summed E-state index contributed by atoms with van der Waals surface area (Å²) in [5.41, 5.74) is 5.92. The molecule has 2 bridgehead atoms. The summed E-state index contributed by atoms with van der Waals surface area (Å²) in [6, 6.07) is 0. The lowest BCUT2D eigenvalue weighted by Crippen LogP contribution is -2.39. The van der Waals surface area contributed by atoms with E-state index in [1.807, 2.05) is 18.7 Å². The molecule has 0 spiro atoms. The largest absolute Gasteiger partial charge is 0.370 e. The Morgan fingerprint density at radius 3 is 2.22 bits per heavy atom. The third kappa shape index (κ3) is 2.99. The van der Waals surface area contributed by atoms with Gasteiger partial charge in [0.05, 0.1) is 18.4 Å². The molecular weight excluding hydrogens is 407 g/mol. The molecule has 3 aliphatic rings. The maximum Gasteiger partial charge on any atom is 0.233 e. The van der Waals surface area contributed by atoms with Crippen LogP contribution in [0.25, 0.3) is 0 Å². The highest BCUT2D eigenvalue weighted by molar-refractivity contribution is 14.0. The SMILES string of the molecule is CCN(CC)C(N)=NCCN1C(=O)C2C3C=CC(C3)C2C1=O.I. The molecule has 128 valence electrons. The first-order valence-electron chi connectivity index (χ1n) is 8.16. The van der Waals surface area contributed by atoms with Crippen LogP contribution in [0.1, 0.15) is 20.3 Å². The van der Waals surface area contributed by atoms with Crippen molar-refractivity contribution >= 4 is 41.8 Å². The van der Waals surface area contributed by atoms with E-state index in [0.29, 0.717) is 19.0 Å². The number of halogens is 1. The Balaban J connectivity index is 0.00000192. The van der Waals surface area contributed by atoms with E-state index in [0.717, 1.165) is 19.5 Å². The van der Waals surface area contributed by atoms with Gasteiger partial charge < -0.3 is 10.6 Å². The van der Waals surface area contributed by atoms with Crippen molar-refractivity contribution in [3.63, 3.8) is 0 Å². The van der Waals surface area contributed by atoms with E-state index < -0.39 is 0 Å². The molecule has 2 amide bonds. The van der Waals surface area contributed by atoms with Crippen LogP contribution >= 0.6 is 24.0 Å². The molecule has 1 aliphatic heterocycles. The second-order valence-corrected chi connectivity index (χ2v) is 6.24. The fourth-order valence-corrected chi connectivity index (χ4v) is 4.10. The van der Waals surface area contributed by atoms with E-state index in [4.69, 9.17) is 5.73 Å². The molecule has 4 unspecified atom stereocenters. The van der Waals surface area contributed by atoms with E-state index in [1.54, 1.807) is 0 Å². The highest BCUT2D eigenvalue weighted by Gasteiger charge is 2.58. The molecule has 7 heteroatoms. The van der Waals surface area contributed by atoms with Crippen LogP contribution in [0.3, 0.4) is 0 Å². The van der Waals surface area contributed by atoms with E-state index in [1.165, 1.54) is 4.90 Å². The first-order valence-corrected chi connectivity index (χ1v) is 8.16. The van der Waals surface area contributed by atoms with E-state index in [2.05, 4.69) is 17.1 Å². The van der Waals surface area contributed by atoms with Gasteiger partial charge in [-0.2, -0.15) is 0 Å². The van der Waals surface area contributed by atoms with Gasteiger partial charge in [0.25, 0.3) is 0 Å². The van der Waals surface area contributed by atoms with Gasteiger partial charge in [0.1, 0.15) is 0 Å². The van der Waals surface area contributed by atoms with Crippen LogP contribution in [0.2, 0.25) is 0 Å². The van der Waals surface area contributed by atoms with Gasteiger partial charge in [-0.3, -0.25) is 19.5 Å². The van der Waals surface area contributed by atoms with Crippen LogP contribution < -0.4 is 5.73 Å². The van der Waals surface area contributed by atoms with Gasteiger partial charge >= 0.3 is 0 Å². The van der Waals surface area contributed by atoms with Gasteiger partial charge in [0.15, 0.2) is 5.96 Å². The number of allylic oxidation sites excluding steroid dienone is 2. The smallest absolute Gasteiger partial charge is 0.233 e. The van der Waals surface area contributed by atoms with Gasteiger partial charge in [-0.05, 0) is 32.1 Å². The number of imide groups is 1. The van der Waals surface area contributed by atoms with Gasteiger partial charge in [-0.25, -0.2) is 0 Å². The third-order valence-corrected chi connectivity index (χ3v) is 5.25. The molecule has 2 fully saturated rings. The summed E-state index contributed by atoms with van der Waals surface area (Å²) < 4.78 is 0. The molecule has 3 rings (SSSR count). The van der Waals surface area contributed by atoms with E-state index >= 15 is 0 Å². The number of carbonyl (C=O) groups is 2. The fraction of sp³-hybridized carbons (Fsp3) is 0.688. The molecule has 1 saturated carbocycles. The quantitative estimate of drug-likeness (QED) is 0.232. The predicted molar refractivity (Wildman–Crippen MR) is 99.3 cm³/mol. The van der Waals surface area contributed by atoms with Gasteiger partial charge in [0, 0.05) is 19.6 Å². The Labute approximate surface area is 154 Å². The minimum atomic E-state index is -0.119. The number of likely N-dealkylation sites (tertiary alicyclic amines) is 1. The summed E-state index contributed by atoms with van der Waals surface area (Å²) in [6.45, 7) is 6.35. The first kappa shape index (κ1) is 18.2. The zero-order valence-corrected chi connectivity index (χ0v) is 16.0. The lowest BCUT2D eigenvalue weighted by molar-refractivity contribution is -0.140. The highest BCUT2D eigenvalue weighted by Crippen LogP contribution is 2.52. The molecule has 1 heterocycles. The number of guanidine groups is 1. The van der Waals surface area contributed by atoms with Crippen LogP contribution in [0.15, 0.2) is 17.1 Å². The molecule has 0 aromatic rings. The van der Waals surface area contributed by atoms with Crippen molar-refractivity contribution in [1.29, 1.82) is 0 Å². The molecule has 2 N–H and O–H groups in total. The maximum atomic E-state index is 12.5. The Hall–Kier alpha value is -1.12. The maximum absolute atomic E-state index is 12.5. The standard InChI is InChI=1S/C16H24N4O2.HI/c1-3-19(4-2)16(17)18-7-8-20-14(21)12-10-5-6-11(9-10)13(12)15(20)22;/h5-6,10-13H,3-4,7-9H2,1-2H3,(H2,17,18);1H. The van der Waals surface area contributed by atoms with Crippen molar-refractivity contribution in [2.45, 2.75) is 20.3 Å². The molecule has 1 saturated heterocycles. The number of hydrogen-bond acceptors (Lipinski definition) is 3. The van der Waals surface area contributed by atoms with Crippen molar-refractivity contribution < 1.29 is 9.59 Å². The number of fused-ring (bicyclic) bond motifs is 5. The topological polar surface area (TPSA) is 79.0 Å². The van der Waals surface area contributed by atoms with Crippen molar-refractivity contribution in [3.05, 3.63) is 12.2 Å². The Morgan fingerprint density at radius 2 is 1.74 bits per heavy atom. The number of hydrogen-bond donors (Lipinski definition) is 1. The molecule has 0 aromatic carbocycles. The summed E-state index contributed by atoms with van der Waals surface area (Å²) in [5, 5.41) is 0. The Kier molecular flexibility index (Phi) is 5.70. The lowest BCUT2D eigenvalue weighted by atomic mass is 9.85. The van der Waals surface area contributed by atoms with Crippen LogP contribution in [0.4, 0.5) is 0 Å². The summed E-state index contributed by atoms with van der Waals surface area (Å²) in [4.78, 5) is 32.6. The molecular formula is C16H25IN4O2. The normalized spacial score (nSPS) is 31.6. The molecule has 4 atom stereocenters. The number of nitrogens with zero attached hydrogens (tertiary/aromatic N) is 3. The number of rotatable bonds is 5. The van der Waals surface area contributed by atoms with E-state index in [-0.39, 0.29) is 59.5 Å². The average Bonchev–Trinajstić information content (AvgIpc) is 3.17. The van der Waals surface area contributed by atoms with Crippen molar-refractivity contribution in [3.8, 4) is 0 Å². The number of nitrogens with two attached hydrogens (primary N) is 1. The minimum Gasteiger partial charge on any atom is -0.370 e. The summed E-state index contributed by atoms with van der Waals surface area (Å²) in [5.74, 6) is 0.748. The van der Waals surface area contributed by atoms with Crippen molar-refractivity contribution in [2.24, 2.45) is 34.4 Å². The zero-order chi connectivity index (χ0) is 15.9. The zero-order valence-electron chi connectivity index (χ0n) is 13.6. The lowest BCUT2D eigenvalue weighted by Gasteiger charge is -2.20. The van der Waals surface area contributed by atoms with Crippen LogP contribution in [0.5, 0.6) is 0 Å². The van der Waals surface area contributed by atoms with Gasteiger partial charge in [-0.1, -0.05) is 12.2 Å². The average molecular weight is 432 g/mol. The number of amides is 2. The molecule has 0 aromatic heterocycles. The molecule has 2 aliphatic carbocycles. The second-order valence-electron chi connectivity index (χ2n) is 6.24. The summed E-state index contributed by atoms with van der Waals surface area (Å²) in [6.07, 6.45) is 5.18. The van der Waals surface area contributed by atoms with Crippen LogP contribution in [-0.4, -0.2) is 53.8 Å². The monoisotopic (exact) mass is 432 g/mol. The third-order valence-electron chi connectivity index (χ3n) is 5.25. The minimum absolute atomic E-state index is 0. The Bertz CT molecular complexity index is 514. The van der Waals surface area contributed by atoms with Gasteiger partial charge in [-0.15, -0.1) is 24.0 Å². The van der Waals surface area contributed by atoms with E-state index in [9.17, 15) is 9.59 Å². The van der Waals surface area contributed by atoms with Crippen molar-refractivity contribution in [2.75, 3.05) is 26.2 Å². The van der Waals surface area contributed by atoms with Crippen LogP contribution in [0, 0.1) is 23.7 Å². The predicted octanol–water partition coefficient (Wildman–Crippen LogP) is 1.07. The molecule has 23 heavy (non-hydrogen) atoms. The van der Waals surface area contributed by atoms with Gasteiger partial charge in [0.2, 0.25) is 11.8 Å². The number of aliphatic imine (C=N–C) groups is 1. The van der Waals surface area contributed by atoms with Crippen LogP contribution in [-0.2, 0) is 9.59 Å². The van der Waals surface area contributed by atoms with Crippen molar-refractivity contribution in [1.82, 2.24) is 9.80 Å². The first-order chi connectivity index (χ1) is 10.6. The molecule has 6 nitrogen and oxygen atoms in total. The number of carbonyl (C=O) groups excluding carboxylic acids is 2. The summed E-state index contributed by atoms with van der Waals surface area (Å²) >= 11 is 0. The second kappa shape index (κ2) is 7.19. The fourth-order valence-electron chi connectivity index (χ4n) is 4.10. The summed E-state index contributed by atoms with van der Waals surface area (Å²) in [7, 11) is 0. The highest BCUT2D eigenvalue weighted by atomic mass is 127. The Morgan fingerprint density at radius 1 is 1.22 bits per heavy atom. The molecule has 0 radical (unpaired) electrons.